The standard InChI is InChI=1S/C73H142O17P2/c1-7-10-12-14-16-18-20-21-22-23-24-25-26-27-28-30-32-38-46-52-58-73(78)89-68(61-83-70(75)55-49-43-36-34-33-35-42-48-54-66(6)9-3)63-87-91(79,80)85-59-67(74)60-86-92(81,82)88-64-69(62-84-71(76)56-50-44-40-39-41-47-53-65(4)5)90-72(77)57-51-45-37-31-29-19-17-15-13-11-8-2/h65-69,74H,7-64H2,1-6H3,(H,79,80)(H,81,82)/t66?,67-,68-,69-/m1/s1. The van der Waals surface area contributed by atoms with Crippen LogP contribution >= 0.6 is 15.6 Å². The molecule has 0 spiro atoms. The van der Waals surface area contributed by atoms with E-state index in [9.17, 15) is 43.2 Å². The summed E-state index contributed by atoms with van der Waals surface area (Å²) in [4.78, 5) is 72.6. The predicted octanol–water partition coefficient (Wildman–Crippen LogP) is 21.2. The van der Waals surface area contributed by atoms with E-state index in [4.69, 9.17) is 37.0 Å². The van der Waals surface area contributed by atoms with Crippen LogP contribution < -0.4 is 0 Å². The highest BCUT2D eigenvalue weighted by atomic mass is 31.2. The smallest absolute Gasteiger partial charge is 0.462 e. The summed E-state index contributed by atoms with van der Waals surface area (Å²) in [6, 6.07) is 0. The summed E-state index contributed by atoms with van der Waals surface area (Å²) < 4.78 is 68.3. The molecule has 0 radical (unpaired) electrons. The highest BCUT2D eigenvalue weighted by Crippen LogP contribution is 2.45. The molecule has 6 atom stereocenters. The van der Waals surface area contributed by atoms with Crippen LogP contribution in [0.15, 0.2) is 0 Å². The minimum Gasteiger partial charge on any atom is -0.462 e. The van der Waals surface area contributed by atoms with Crippen molar-refractivity contribution in [2.75, 3.05) is 39.6 Å². The van der Waals surface area contributed by atoms with Crippen molar-refractivity contribution in [3.05, 3.63) is 0 Å². The molecule has 0 aromatic carbocycles. The normalized spacial score (nSPS) is 14.4. The van der Waals surface area contributed by atoms with Crippen LogP contribution in [0, 0.1) is 11.8 Å². The van der Waals surface area contributed by atoms with Gasteiger partial charge in [0.15, 0.2) is 12.2 Å². The number of ether oxygens (including phenoxy) is 4. The Morgan fingerprint density at radius 1 is 0.315 bits per heavy atom. The molecule has 17 nitrogen and oxygen atoms in total. The van der Waals surface area contributed by atoms with Gasteiger partial charge in [-0.15, -0.1) is 0 Å². The van der Waals surface area contributed by atoms with Crippen LogP contribution in [-0.4, -0.2) is 96.7 Å². The van der Waals surface area contributed by atoms with Crippen molar-refractivity contribution in [3.8, 4) is 0 Å². The number of esters is 4. The Labute approximate surface area is 562 Å². The zero-order valence-electron chi connectivity index (χ0n) is 59.9. The van der Waals surface area contributed by atoms with Gasteiger partial charge in [0.1, 0.15) is 19.3 Å². The zero-order chi connectivity index (χ0) is 67.9. The second kappa shape index (κ2) is 65.0. The topological polar surface area (TPSA) is 237 Å². The summed E-state index contributed by atoms with van der Waals surface area (Å²) in [6.07, 6.45) is 51.5. The van der Waals surface area contributed by atoms with Crippen molar-refractivity contribution >= 4 is 39.5 Å². The van der Waals surface area contributed by atoms with E-state index in [0.29, 0.717) is 31.6 Å². The largest absolute Gasteiger partial charge is 0.472 e. The van der Waals surface area contributed by atoms with Crippen LogP contribution in [-0.2, 0) is 65.4 Å². The van der Waals surface area contributed by atoms with Crippen molar-refractivity contribution in [2.24, 2.45) is 11.8 Å². The average molecular weight is 1350 g/mol. The van der Waals surface area contributed by atoms with Gasteiger partial charge < -0.3 is 33.8 Å². The lowest BCUT2D eigenvalue weighted by Crippen LogP contribution is -2.30. The molecule has 0 rings (SSSR count). The van der Waals surface area contributed by atoms with E-state index in [1.165, 1.54) is 186 Å². The van der Waals surface area contributed by atoms with Crippen LogP contribution in [0.3, 0.4) is 0 Å². The van der Waals surface area contributed by atoms with Crippen molar-refractivity contribution in [1.29, 1.82) is 0 Å². The quantitative estimate of drug-likeness (QED) is 0.0222. The number of rotatable bonds is 72. The molecule has 0 aliphatic heterocycles. The lowest BCUT2D eigenvalue weighted by Gasteiger charge is -2.21. The van der Waals surface area contributed by atoms with Gasteiger partial charge in [0.2, 0.25) is 0 Å². The van der Waals surface area contributed by atoms with Crippen LogP contribution in [0.5, 0.6) is 0 Å². The van der Waals surface area contributed by atoms with Gasteiger partial charge in [0, 0.05) is 25.7 Å². The maximum atomic E-state index is 13.0. The first-order valence-electron chi connectivity index (χ1n) is 38.0. The van der Waals surface area contributed by atoms with E-state index >= 15 is 0 Å². The molecule has 546 valence electrons. The fraction of sp³-hybridized carbons (Fsp3) is 0.945. The van der Waals surface area contributed by atoms with Crippen molar-refractivity contribution in [3.63, 3.8) is 0 Å². The fourth-order valence-corrected chi connectivity index (χ4v) is 12.7. The van der Waals surface area contributed by atoms with Gasteiger partial charge in [0.25, 0.3) is 0 Å². The maximum absolute atomic E-state index is 13.0. The van der Waals surface area contributed by atoms with Crippen molar-refractivity contribution < 1.29 is 80.2 Å². The SMILES string of the molecule is CCCCCCCCCCCCCCCCCCCCCCC(=O)O[C@H](COC(=O)CCCCCCCCCCC(C)CC)COP(=O)(O)OC[C@@H](O)COP(=O)(O)OC[C@@H](COC(=O)CCCCCCCCC(C)C)OC(=O)CCCCCCCCCCCCC. The van der Waals surface area contributed by atoms with E-state index in [-0.39, 0.29) is 25.7 Å². The molecule has 0 aromatic rings. The first-order chi connectivity index (χ1) is 44.4. The van der Waals surface area contributed by atoms with Gasteiger partial charge in [0.05, 0.1) is 26.4 Å². The van der Waals surface area contributed by atoms with Gasteiger partial charge in [-0.25, -0.2) is 9.13 Å². The van der Waals surface area contributed by atoms with Crippen LogP contribution in [0.4, 0.5) is 0 Å². The van der Waals surface area contributed by atoms with Gasteiger partial charge in [-0.1, -0.05) is 324 Å². The third-order valence-electron chi connectivity index (χ3n) is 17.3. The van der Waals surface area contributed by atoms with Crippen LogP contribution in [0.25, 0.3) is 0 Å². The third kappa shape index (κ3) is 65.4. The van der Waals surface area contributed by atoms with Crippen LogP contribution in [0.2, 0.25) is 0 Å². The zero-order valence-corrected chi connectivity index (χ0v) is 61.6. The van der Waals surface area contributed by atoms with E-state index in [1.807, 2.05) is 0 Å². The number of carbonyl (C=O) groups excluding carboxylic acids is 4. The molecule has 0 amide bonds. The van der Waals surface area contributed by atoms with Gasteiger partial charge in [-0.05, 0) is 37.5 Å². The van der Waals surface area contributed by atoms with E-state index in [0.717, 1.165) is 102 Å². The Balaban J connectivity index is 5.19. The number of aliphatic hydroxyl groups is 1. The first kappa shape index (κ1) is 90.1. The predicted molar refractivity (Wildman–Crippen MR) is 372 cm³/mol. The van der Waals surface area contributed by atoms with Crippen LogP contribution in [0.1, 0.15) is 375 Å². The molecule has 0 aliphatic carbocycles. The average Bonchev–Trinajstić information content (AvgIpc) is 2.51. The Bertz CT molecular complexity index is 1790. The first-order valence-corrected chi connectivity index (χ1v) is 41.0. The maximum Gasteiger partial charge on any atom is 0.472 e. The fourth-order valence-electron chi connectivity index (χ4n) is 11.1. The minimum absolute atomic E-state index is 0.106. The van der Waals surface area contributed by atoms with Gasteiger partial charge in [-0.3, -0.25) is 37.3 Å². The monoisotopic (exact) mass is 1350 g/mol. The molecule has 0 saturated carbocycles. The number of aliphatic hydroxyl groups excluding tert-OH is 1. The Kier molecular flexibility index (Phi) is 63.7. The highest BCUT2D eigenvalue weighted by Gasteiger charge is 2.30. The summed E-state index contributed by atoms with van der Waals surface area (Å²) in [7, 11) is -9.90. The summed E-state index contributed by atoms with van der Waals surface area (Å²) in [5, 5.41) is 10.6. The Hall–Kier alpha value is -1.94. The van der Waals surface area contributed by atoms with E-state index in [2.05, 4.69) is 41.5 Å². The number of unbranched alkanes of at least 4 members (excludes halogenated alkanes) is 41. The Morgan fingerprint density at radius 2 is 0.554 bits per heavy atom. The molecular formula is C73H142O17P2. The van der Waals surface area contributed by atoms with Crippen molar-refractivity contribution in [1.82, 2.24) is 0 Å². The molecule has 19 heteroatoms. The molecule has 92 heavy (non-hydrogen) atoms. The molecule has 0 aromatic heterocycles. The lowest BCUT2D eigenvalue weighted by molar-refractivity contribution is -0.161. The number of hydrogen-bond donors (Lipinski definition) is 3. The molecule has 0 saturated heterocycles. The van der Waals surface area contributed by atoms with Gasteiger partial charge in [-0.2, -0.15) is 0 Å². The number of phosphoric ester groups is 2. The molecule has 0 bridgehead atoms. The molecule has 3 N–H and O–H groups in total. The lowest BCUT2D eigenvalue weighted by atomic mass is 9.99. The number of carbonyl (C=O) groups is 4. The highest BCUT2D eigenvalue weighted by molar-refractivity contribution is 7.47. The molecule has 3 unspecified atom stereocenters. The Morgan fingerprint density at radius 3 is 0.826 bits per heavy atom. The van der Waals surface area contributed by atoms with E-state index < -0.39 is 97.5 Å². The van der Waals surface area contributed by atoms with Gasteiger partial charge >= 0.3 is 39.5 Å². The van der Waals surface area contributed by atoms with E-state index in [1.54, 1.807) is 0 Å². The molecular weight excluding hydrogens is 1210 g/mol. The summed E-state index contributed by atoms with van der Waals surface area (Å²) in [5.74, 6) is -0.666. The molecule has 0 heterocycles. The summed E-state index contributed by atoms with van der Waals surface area (Å²) in [6.45, 7) is 9.48. The number of phosphoric acid groups is 2. The molecule has 0 aliphatic rings. The second-order valence-corrected chi connectivity index (χ2v) is 30.0. The molecule has 0 fully saturated rings. The minimum atomic E-state index is -4.95. The second-order valence-electron chi connectivity index (χ2n) is 27.1. The third-order valence-corrected chi connectivity index (χ3v) is 19.2. The summed E-state index contributed by atoms with van der Waals surface area (Å²) in [5.41, 5.74) is 0. The summed E-state index contributed by atoms with van der Waals surface area (Å²) >= 11 is 0. The van der Waals surface area contributed by atoms with Crippen molar-refractivity contribution in [2.45, 2.75) is 394 Å². The number of hydrogen-bond acceptors (Lipinski definition) is 15.